The number of carbonyl (C=O) groups excluding carboxylic acids is 2. The largest absolute Gasteiger partial charge is 0.336 e. The topological polar surface area (TPSA) is 52.7 Å². The molecule has 0 bridgehead atoms. The fourth-order valence-electron chi connectivity index (χ4n) is 3.93. The number of hydrogen-bond acceptors (Lipinski definition) is 2. The minimum absolute atomic E-state index is 0.0362. The Morgan fingerprint density at radius 2 is 2.00 bits per heavy atom. The number of urea groups is 1. The highest BCUT2D eigenvalue weighted by atomic mass is 19.1. The van der Waals surface area contributed by atoms with Gasteiger partial charge in [0.05, 0.1) is 0 Å². The number of amides is 3. The summed E-state index contributed by atoms with van der Waals surface area (Å²) in [5.74, 6) is -0.150. The molecule has 136 valence electrons. The van der Waals surface area contributed by atoms with Crippen molar-refractivity contribution in [1.82, 2.24) is 15.1 Å². The standard InChI is InChI=1S/C19H26FN3O2/c1-14(2)21-18(25)22-10-8-19(9-11-22)7-6-17(24)23(19)13-15-4-3-5-16(20)12-15/h3-5,12,14H,6-11,13H2,1-2H3,(H,21,25). The number of halogens is 1. The van der Waals surface area contributed by atoms with Crippen molar-refractivity contribution in [3.05, 3.63) is 35.6 Å². The lowest BCUT2D eigenvalue weighted by atomic mass is 9.85. The van der Waals surface area contributed by atoms with Crippen LogP contribution in [0.5, 0.6) is 0 Å². The molecule has 6 heteroatoms. The van der Waals surface area contributed by atoms with Gasteiger partial charge in [-0.1, -0.05) is 12.1 Å². The molecule has 5 nitrogen and oxygen atoms in total. The van der Waals surface area contributed by atoms with Crippen LogP contribution in [0.4, 0.5) is 9.18 Å². The van der Waals surface area contributed by atoms with Crippen LogP contribution in [0.2, 0.25) is 0 Å². The molecular weight excluding hydrogens is 321 g/mol. The predicted molar refractivity (Wildman–Crippen MR) is 93.4 cm³/mol. The van der Waals surface area contributed by atoms with Crippen molar-refractivity contribution in [2.24, 2.45) is 0 Å². The summed E-state index contributed by atoms with van der Waals surface area (Å²) in [4.78, 5) is 28.4. The summed E-state index contributed by atoms with van der Waals surface area (Å²) in [6.45, 7) is 5.62. The first-order chi connectivity index (χ1) is 11.9. The van der Waals surface area contributed by atoms with Crippen molar-refractivity contribution in [3.63, 3.8) is 0 Å². The third kappa shape index (κ3) is 3.78. The molecule has 2 saturated heterocycles. The maximum atomic E-state index is 13.5. The van der Waals surface area contributed by atoms with Gasteiger partial charge in [0.1, 0.15) is 5.82 Å². The van der Waals surface area contributed by atoms with Gasteiger partial charge in [-0.15, -0.1) is 0 Å². The van der Waals surface area contributed by atoms with Gasteiger partial charge in [0, 0.05) is 37.6 Å². The number of carbonyl (C=O) groups is 2. The second-order valence-electron chi connectivity index (χ2n) is 7.43. The van der Waals surface area contributed by atoms with Crippen molar-refractivity contribution in [2.75, 3.05) is 13.1 Å². The molecule has 2 aliphatic heterocycles. The molecule has 3 amide bonds. The lowest BCUT2D eigenvalue weighted by Crippen LogP contribution is -2.55. The van der Waals surface area contributed by atoms with Crippen molar-refractivity contribution >= 4 is 11.9 Å². The van der Waals surface area contributed by atoms with E-state index in [0.29, 0.717) is 26.1 Å². The Morgan fingerprint density at radius 3 is 2.64 bits per heavy atom. The molecule has 1 aromatic carbocycles. The molecule has 25 heavy (non-hydrogen) atoms. The fraction of sp³-hybridized carbons (Fsp3) is 0.579. The Labute approximate surface area is 148 Å². The fourth-order valence-corrected chi connectivity index (χ4v) is 3.93. The van der Waals surface area contributed by atoms with E-state index in [4.69, 9.17) is 0 Å². The minimum Gasteiger partial charge on any atom is -0.336 e. The van der Waals surface area contributed by atoms with E-state index in [-0.39, 0.29) is 29.3 Å². The Kier molecular flexibility index (Phi) is 4.97. The molecular formula is C19H26FN3O2. The molecule has 2 aliphatic rings. The highest BCUT2D eigenvalue weighted by molar-refractivity contribution is 5.80. The number of benzene rings is 1. The van der Waals surface area contributed by atoms with Crippen LogP contribution in [0.25, 0.3) is 0 Å². The molecule has 0 unspecified atom stereocenters. The average Bonchev–Trinajstić information content (AvgIpc) is 2.85. The zero-order valence-electron chi connectivity index (χ0n) is 14.9. The molecule has 0 atom stereocenters. The van der Waals surface area contributed by atoms with Crippen LogP contribution in [-0.2, 0) is 11.3 Å². The molecule has 3 rings (SSSR count). The second kappa shape index (κ2) is 7.02. The summed E-state index contributed by atoms with van der Waals surface area (Å²) < 4.78 is 13.5. The minimum atomic E-state index is -0.279. The van der Waals surface area contributed by atoms with Crippen molar-refractivity contribution in [3.8, 4) is 0 Å². The Hall–Kier alpha value is -2.11. The second-order valence-corrected chi connectivity index (χ2v) is 7.43. The van der Waals surface area contributed by atoms with E-state index in [1.54, 1.807) is 6.07 Å². The maximum Gasteiger partial charge on any atom is 0.317 e. The van der Waals surface area contributed by atoms with Crippen molar-refractivity contribution in [2.45, 2.75) is 57.7 Å². The van der Waals surface area contributed by atoms with Gasteiger partial charge in [-0.05, 0) is 50.8 Å². The van der Waals surface area contributed by atoms with Gasteiger partial charge in [-0.3, -0.25) is 4.79 Å². The summed E-state index contributed by atoms with van der Waals surface area (Å²) in [6.07, 6.45) is 2.91. The summed E-state index contributed by atoms with van der Waals surface area (Å²) in [5.41, 5.74) is 0.618. The normalized spacial score (nSPS) is 19.8. The zero-order valence-corrected chi connectivity index (χ0v) is 14.9. The third-order valence-corrected chi connectivity index (χ3v) is 5.30. The number of rotatable bonds is 3. The molecule has 1 N–H and O–H groups in total. The van der Waals surface area contributed by atoms with E-state index in [2.05, 4.69) is 5.32 Å². The van der Waals surface area contributed by atoms with E-state index >= 15 is 0 Å². The third-order valence-electron chi connectivity index (χ3n) is 5.30. The van der Waals surface area contributed by atoms with Gasteiger partial charge in [0.2, 0.25) is 5.91 Å². The van der Waals surface area contributed by atoms with E-state index in [9.17, 15) is 14.0 Å². The molecule has 0 saturated carbocycles. The van der Waals surface area contributed by atoms with Crippen LogP contribution in [0.1, 0.15) is 45.1 Å². The van der Waals surface area contributed by atoms with Gasteiger partial charge in [-0.25, -0.2) is 9.18 Å². The molecule has 0 radical (unpaired) electrons. The summed E-state index contributed by atoms with van der Waals surface area (Å²) in [6, 6.07) is 6.51. The highest BCUT2D eigenvalue weighted by Gasteiger charge is 2.47. The van der Waals surface area contributed by atoms with E-state index in [1.807, 2.05) is 29.7 Å². The molecule has 1 aromatic rings. The summed E-state index contributed by atoms with van der Waals surface area (Å²) in [5, 5.41) is 2.92. The smallest absolute Gasteiger partial charge is 0.317 e. The van der Waals surface area contributed by atoms with Gasteiger partial charge in [0.15, 0.2) is 0 Å². The molecule has 1 spiro atoms. The highest BCUT2D eigenvalue weighted by Crippen LogP contribution is 2.40. The van der Waals surface area contributed by atoms with Crippen LogP contribution >= 0.6 is 0 Å². The Morgan fingerprint density at radius 1 is 1.28 bits per heavy atom. The molecule has 2 heterocycles. The Balaban J connectivity index is 1.68. The quantitative estimate of drug-likeness (QED) is 0.914. The maximum absolute atomic E-state index is 13.5. The van der Waals surface area contributed by atoms with Crippen LogP contribution in [0.3, 0.4) is 0 Å². The number of nitrogens with one attached hydrogen (secondary N) is 1. The summed E-state index contributed by atoms with van der Waals surface area (Å²) >= 11 is 0. The van der Waals surface area contributed by atoms with Gasteiger partial charge in [0.25, 0.3) is 0 Å². The summed E-state index contributed by atoms with van der Waals surface area (Å²) in [7, 11) is 0. The van der Waals surface area contributed by atoms with Crippen LogP contribution in [0.15, 0.2) is 24.3 Å². The zero-order chi connectivity index (χ0) is 18.0. The van der Waals surface area contributed by atoms with Gasteiger partial charge in [-0.2, -0.15) is 0 Å². The number of likely N-dealkylation sites (tertiary alicyclic amines) is 2. The SMILES string of the molecule is CC(C)NC(=O)N1CCC2(CCC(=O)N2Cc2cccc(F)c2)CC1. The van der Waals surface area contributed by atoms with Crippen molar-refractivity contribution in [1.29, 1.82) is 0 Å². The van der Waals surface area contributed by atoms with Crippen LogP contribution in [-0.4, -0.2) is 46.4 Å². The lowest BCUT2D eigenvalue weighted by molar-refractivity contribution is -0.133. The number of nitrogens with zero attached hydrogens (tertiary/aromatic N) is 2. The predicted octanol–water partition coefficient (Wildman–Crippen LogP) is 2.90. The lowest BCUT2D eigenvalue weighted by Gasteiger charge is -2.45. The molecule has 0 aromatic heterocycles. The van der Waals surface area contributed by atoms with E-state index in [0.717, 1.165) is 24.8 Å². The van der Waals surface area contributed by atoms with E-state index < -0.39 is 0 Å². The van der Waals surface area contributed by atoms with Crippen LogP contribution in [0, 0.1) is 5.82 Å². The first-order valence-electron chi connectivity index (χ1n) is 9.00. The van der Waals surface area contributed by atoms with Crippen LogP contribution < -0.4 is 5.32 Å². The van der Waals surface area contributed by atoms with Gasteiger partial charge < -0.3 is 15.1 Å². The monoisotopic (exact) mass is 347 g/mol. The first kappa shape index (κ1) is 17.7. The average molecular weight is 347 g/mol. The van der Waals surface area contributed by atoms with E-state index in [1.165, 1.54) is 12.1 Å². The number of hydrogen-bond donors (Lipinski definition) is 1. The number of piperidine rings is 1. The first-order valence-corrected chi connectivity index (χ1v) is 9.00. The molecule has 2 fully saturated rings. The van der Waals surface area contributed by atoms with Gasteiger partial charge >= 0.3 is 6.03 Å². The molecule has 0 aliphatic carbocycles. The van der Waals surface area contributed by atoms with Crippen molar-refractivity contribution < 1.29 is 14.0 Å². The Bertz CT molecular complexity index is 654.